The van der Waals surface area contributed by atoms with Crippen LogP contribution in [-0.2, 0) is 4.79 Å². The lowest BCUT2D eigenvalue weighted by atomic mass is 10.0. The number of rotatable bonds is 11. The summed E-state index contributed by atoms with van der Waals surface area (Å²) in [6.45, 7) is 6.74. The lowest BCUT2D eigenvalue weighted by Crippen LogP contribution is -2.49. The highest BCUT2D eigenvalue weighted by Gasteiger charge is 2.28. The average Bonchev–Trinajstić information content (AvgIpc) is 2.30. The van der Waals surface area contributed by atoms with E-state index in [0.717, 1.165) is 25.7 Å². The van der Waals surface area contributed by atoms with Crippen molar-refractivity contribution in [1.82, 2.24) is 0 Å². The normalized spacial score (nSPS) is 14.9. The van der Waals surface area contributed by atoms with E-state index in [9.17, 15) is 9.90 Å². The lowest BCUT2D eigenvalue weighted by Gasteiger charge is -2.33. The van der Waals surface area contributed by atoms with Crippen molar-refractivity contribution in [3.05, 3.63) is 12.7 Å². The van der Waals surface area contributed by atoms with Gasteiger partial charge in [-0.1, -0.05) is 19.4 Å². The Bertz CT molecular complexity index is 277. The Morgan fingerprint density at radius 3 is 2.42 bits per heavy atom. The first-order valence-electron chi connectivity index (χ1n) is 7.16. The zero-order chi connectivity index (χ0) is 14.9. The summed E-state index contributed by atoms with van der Waals surface area (Å²) in [5, 5.41) is 19.1. The molecule has 0 radical (unpaired) electrons. The number of allylic oxidation sites excluding steroid dienone is 1. The van der Waals surface area contributed by atoms with Gasteiger partial charge in [-0.3, -0.25) is 4.79 Å². The zero-order valence-corrected chi connectivity index (χ0v) is 12.6. The van der Waals surface area contributed by atoms with E-state index >= 15 is 0 Å². The van der Waals surface area contributed by atoms with E-state index in [1.54, 1.807) is 0 Å². The van der Waals surface area contributed by atoms with Crippen molar-refractivity contribution in [2.45, 2.75) is 45.1 Å². The van der Waals surface area contributed by atoms with E-state index in [1.807, 2.05) is 27.1 Å². The molecule has 4 heteroatoms. The standard InChI is InChI=1S/C15H29NO3/c1-5-7-8-9-10-14(17)12-16(3,4)11-13(6-2)15(18)19/h5,13-14,17H,1,6-12H2,2-4H3/p+1. The number of quaternary nitrogens is 1. The van der Waals surface area contributed by atoms with Crippen LogP contribution < -0.4 is 0 Å². The monoisotopic (exact) mass is 272 g/mol. The Balaban J connectivity index is 4.11. The van der Waals surface area contributed by atoms with Crippen LogP contribution in [0.4, 0.5) is 0 Å². The number of aliphatic hydroxyl groups is 1. The molecule has 0 aliphatic rings. The van der Waals surface area contributed by atoms with Crippen LogP contribution in [0.1, 0.15) is 39.0 Å². The molecule has 0 fully saturated rings. The summed E-state index contributed by atoms with van der Waals surface area (Å²) >= 11 is 0. The van der Waals surface area contributed by atoms with Crippen LogP contribution in [-0.4, -0.2) is 54.0 Å². The molecule has 0 bridgehead atoms. The number of aliphatic hydroxyl groups excluding tert-OH is 1. The lowest BCUT2D eigenvalue weighted by molar-refractivity contribution is -0.895. The van der Waals surface area contributed by atoms with Crippen LogP contribution in [0.2, 0.25) is 0 Å². The minimum absolute atomic E-state index is 0.331. The zero-order valence-electron chi connectivity index (χ0n) is 12.6. The van der Waals surface area contributed by atoms with E-state index in [1.165, 1.54) is 0 Å². The molecule has 2 atom stereocenters. The number of hydrogen-bond donors (Lipinski definition) is 2. The maximum atomic E-state index is 11.1. The fourth-order valence-corrected chi connectivity index (χ4v) is 2.38. The molecule has 19 heavy (non-hydrogen) atoms. The molecule has 0 saturated carbocycles. The van der Waals surface area contributed by atoms with E-state index in [0.29, 0.717) is 24.0 Å². The minimum Gasteiger partial charge on any atom is -0.481 e. The van der Waals surface area contributed by atoms with Crippen LogP contribution in [0.15, 0.2) is 12.7 Å². The fraction of sp³-hybridized carbons (Fsp3) is 0.800. The average molecular weight is 272 g/mol. The van der Waals surface area contributed by atoms with Crippen molar-refractivity contribution >= 4 is 5.97 Å². The number of aliphatic carboxylic acids is 1. The third-order valence-corrected chi connectivity index (χ3v) is 3.46. The van der Waals surface area contributed by atoms with Gasteiger partial charge in [-0.25, -0.2) is 0 Å². The number of carboxylic acids is 1. The largest absolute Gasteiger partial charge is 0.481 e. The number of unbranched alkanes of at least 4 members (excludes halogenated alkanes) is 2. The second-order valence-electron chi connectivity index (χ2n) is 5.97. The number of likely N-dealkylation sites (N-methyl/N-ethyl adjacent to an activating group) is 1. The van der Waals surface area contributed by atoms with Gasteiger partial charge in [0.1, 0.15) is 18.6 Å². The SMILES string of the molecule is C=CCCCCC(O)C[N+](C)(C)CC(CC)C(=O)O. The smallest absolute Gasteiger partial charge is 0.312 e. The van der Waals surface area contributed by atoms with Crippen molar-refractivity contribution in [3.63, 3.8) is 0 Å². The molecule has 112 valence electrons. The second-order valence-corrected chi connectivity index (χ2v) is 5.97. The van der Waals surface area contributed by atoms with Gasteiger partial charge < -0.3 is 14.7 Å². The van der Waals surface area contributed by atoms with Crippen molar-refractivity contribution in [1.29, 1.82) is 0 Å². The first kappa shape index (κ1) is 18.1. The molecule has 0 amide bonds. The maximum absolute atomic E-state index is 11.1. The molecule has 0 aliphatic heterocycles. The molecular weight excluding hydrogens is 242 g/mol. The Hall–Kier alpha value is -0.870. The summed E-state index contributed by atoms with van der Waals surface area (Å²) in [5.74, 6) is -1.07. The Kier molecular flexibility index (Phi) is 8.68. The molecule has 0 aliphatic carbocycles. The van der Waals surface area contributed by atoms with Crippen molar-refractivity contribution in [3.8, 4) is 0 Å². The molecule has 4 nitrogen and oxygen atoms in total. The van der Waals surface area contributed by atoms with Gasteiger partial charge >= 0.3 is 5.97 Å². The van der Waals surface area contributed by atoms with Crippen molar-refractivity contribution in [2.75, 3.05) is 27.2 Å². The van der Waals surface area contributed by atoms with E-state index in [-0.39, 0.29) is 12.0 Å². The number of carbonyl (C=O) groups is 1. The van der Waals surface area contributed by atoms with Gasteiger partial charge in [0.05, 0.1) is 20.6 Å². The minimum atomic E-state index is -0.742. The Labute approximate surface area is 117 Å². The summed E-state index contributed by atoms with van der Waals surface area (Å²) in [6, 6.07) is 0. The third-order valence-electron chi connectivity index (χ3n) is 3.46. The molecule has 0 spiro atoms. The highest BCUT2D eigenvalue weighted by molar-refractivity contribution is 5.69. The molecule has 0 saturated heterocycles. The van der Waals surface area contributed by atoms with Crippen molar-refractivity contribution < 1.29 is 19.5 Å². The summed E-state index contributed by atoms with van der Waals surface area (Å²) < 4.78 is 0.549. The highest BCUT2D eigenvalue weighted by Crippen LogP contribution is 2.13. The van der Waals surface area contributed by atoms with Gasteiger partial charge in [-0.2, -0.15) is 0 Å². The van der Waals surface area contributed by atoms with Gasteiger partial charge in [-0.05, 0) is 25.7 Å². The summed E-state index contributed by atoms with van der Waals surface area (Å²) in [4.78, 5) is 11.1. The molecule has 0 aromatic heterocycles. The number of nitrogens with zero attached hydrogens (tertiary/aromatic N) is 1. The van der Waals surface area contributed by atoms with Gasteiger partial charge in [0, 0.05) is 0 Å². The summed E-state index contributed by atoms with van der Waals surface area (Å²) in [5.41, 5.74) is 0. The maximum Gasteiger partial charge on any atom is 0.312 e. The third kappa shape index (κ3) is 8.78. The summed E-state index contributed by atoms with van der Waals surface area (Å²) in [6.07, 6.45) is 5.98. The predicted molar refractivity (Wildman–Crippen MR) is 77.9 cm³/mol. The predicted octanol–water partition coefficient (Wildman–Crippen LogP) is 2.28. The van der Waals surface area contributed by atoms with E-state index in [4.69, 9.17) is 5.11 Å². The molecule has 0 aromatic rings. The quantitative estimate of drug-likeness (QED) is 0.345. The van der Waals surface area contributed by atoms with Gasteiger partial charge in [0.25, 0.3) is 0 Å². The van der Waals surface area contributed by atoms with Gasteiger partial charge in [-0.15, -0.1) is 6.58 Å². The van der Waals surface area contributed by atoms with Crippen LogP contribution >= 0.6 is 0 Å². The molecule has 0 aromatic carbocycles. The van der Waals surface area contributed by atoms with Crippen LogP contribution in [0.3, 0.4) is 0 Å². The van der Waals surface area contributed by atoms with E-state index < -0.39 is 5.97 Å². The van der Waals surface area contributed by atoms with Crippen molar-refractivity contribution in [2.24, 2.45) is 5.92 Å². The van der Waals surface area contributed by atoms with Crippen LogP contribution in [0, 0.1) is 5.92 Å². The first-order chi connectivity index (χ1) is 8.82. The Morgan fingerprint density at radius 1 is 1.32 bits per heavy atom. The topological polar surface area (TPSA) is 57.5 Å². The first-order valence-corrected chi connectivity index (χ1v) is 7.16. The number of hydrogen-bond acceptors (Lipinski definition) is 2. The molecule has 2 N–H and O–H groups in total. The van der Waals surface area contributed by atoms with E-state index in [2.05, 4.69) is 6.58 Å². The Morgan fingerprint density at radius 2 is 1.95 bits per heavy atom. The van der Waals surface area contributed by atoms with Gasteiger partial charge in [0.2, 0.25) is 0 Å². The van der Waals surface area contributed by atoms with Gasteiger partial charge in [0.15, 0.2) is 0 Å². The number of carboxylic acid groups (broad SMARTS) is 1. The summed E-state index contributed by atoms with van der Waals surface area (Å²) in [7, 11) is 3.97. The van der Waals surface area contributed by atoms with Crippen LogP contribution in [0.25, 0.3) is 0 Å². The molecular formula is C15H30NO3+. The molecule has 2 unspecified atom stereocenters. The molecule has 0 rings (SSSR count). The highest BCUT2D eigenvalue weighted by atomic mass is 16.4. The molecule has 0 heterocycles. The fourth-order valence-electron chi connectivity index (χ4n) is 2.38. The van der Waals surface area contributed by atoms with Crippen LogP contribution in [0.5, 0.6) is 0 Å². The second kappa shape index (κ2) is 9.10.